The highest BCUT2D eigenvalue weighted by molar-refractivity contribution is 6.01. The van der Waals surface area contributed by atoms with Gasteiger partial charge in [0.2, 0.25) is 17.7 Å². The summed E-state index contributed by atoms with van der Waals surface area (Å²) in [6.07, 6.45) is 6.48. The lowest BCUT2D eigenvalue weighted by Gasteiger charge is -2.25. The van der Waals surface area contributed by atoms with Gasteiger partial charge in [-0.3, -0.25) is 14.4 Å². The minimum absolute atomic E-state index is 0.00860. The molecule has 0 aromatic heterocycles. The van der Waals surface area contributed by atoms with Crippen molar-refractivity contribution in [1.82, 2.24) is 5.32 Å². The van der Waals surface area contributed by atoms with Crippen LogP contribution in [0.5, 0.6) is 0 Å². The quantitative estimate of drug-likeness (QED) is 0.462. The average Bonchev–Trinajstić information content (AvgIpc) is 2.79. The van der Waals surface area contributed by atoms with Gasteiger partial charge in [0.05, 0.1) is 6.54 Å². The van der Waals surface area contributed by atoms with Crippen LogP contribution in [0.2, 0.25) is 0 Å². The molecule has 33 heavy (non-hydrogen) atoms. The van der Waals surface area contributed by atoms with Gasteiger partial charge in [0, 0.05) is 22.9 Å². The van der Waals surface area contributed by atoms with E-state index in [-0.39, 0.29) is 35.5 Å². The minimum Gasteiger partial charge on any atom is -0.366 e. The van der Waals surface area contributed by atoms with E-state index in [2.05, 4.69) is 48.7 Å². The largest absolute Gasteiger partial charge is 0.366 e. The molecule has 7 nitrogen and oxygen atoms in total. The first kappa shape index (κ1) is 24.5. The predicted molar refractivity (Wildman–Crippen MR) is 130 cm³/mol. The van der Waals surface area contributed by atoms with E-state index in [1.165, 1.54) is 55.9 Å². The van der Waals surface area contributed by atoms with Crippen LogP contribution >= 0.6 is 0 Å². The Morgan fingerprint density at radius 2 is 1.48 bits per heavy atom. The van der Waals surface area contributed by atoms with Gasteiger partial charge >= 0.3 is 0 Å². The Kier molecular flexibility index (Phi) is 8.22. The van der Waals surface area contributed by atoms with Crippen LogP contribution < -0.4 is 22.1 Å². The second-order valence-electron chi connectivity index (χ2n) is 9.18. The summed E-state index contributed by atoms with van der Waals surface area (Å²) in [5, 5.41) is 6.05. The van der Waals surface area contributed by atoms with Crippen LogP contribution in [-0.4, -0.2) is 24.3 Å². The summed E-state index contributed by atoms with van der Waals surface area (Å²) in [5.41, 5.74) is 13.7. The zero-order valence-corrected chi connectivity index (χ0v) is 19.4. The van der Waals surface area contributed by atoms with Crippen molar-refractivity contribution >= 4 is 23.4 Å². The summed E-state index contributed by atoms with van der Waals surface area (Å²) in [7, 11) is 0. The maximum atomic E-state index is 12.6. The molecule has 1 saturated carbocycles. The number of benzene rings is 2. The number of hydrogen-bond acceptors (Lipinski definition) is 4. The fourth-order valence-electron chi connectivity index (χ4n) is 4.54. The SMILES string of the molecule is CC(C)C(NCC(=O)Nc1cc(C(N)=O)cc(C(N)=O)c1)c1ccc(C2CCCCC2)cc1. The topological polar surface area (TPSA) is 127 Å². The highest BCUT2D eigenvalue weighted by Crippen LogP contribution is 2.33. The van der Waals surface area contributed by atoms with Crippen molar-refractivity contribution in [1.29, 1.82) is 0 Å². The van der Waals surface area contributed by atoms with Crippen LogP contribution in [0.15, 0.2) is 42.5 Å². The lowest BCUT2D eigenvalue weighted by atomic mass is 9.83. The number of nitrogens with two attached hydrogens (primary N) is 2. The smallest absolute Gasteiger partial charge is 0.248 e. The van der Waals surface area contributed by atoms with Gasteiger partial charge in [0.15, 0.2) is 0 Å². The highest BCUT2D eigenvalue weighted by Gasteiger charge is 2.19. The number of carbonyl (C=O) groups is 3. The zero-order chi connectivity index (χ0) is 24.0. The number of anilines is 1. The molecule has 2 aromatic carbocycles. The maximum Gasteiger partial charge on any atom is 0.248 e. The van der Waals surface area contributed by atoms with E-state index < -0.39 is 11.8 Å². The Labute approximate surface area is 195 Å². The van der Waals surface area contributed by atoms with Gasteiger partial charge in [-0.15, -0.1) is 0 Å². The average molecular weight is 451 g/mol. The highest BCUT2D eigenvalue weighted by atomic mass is 16.2. The van der Waals surface area contributed by atoms with Crippen molar-refractivity contribution in [3.63, 3.8) is 0 Å². The first-order valence-corrected chi connectivity index (χ1v) is 11.6. The van der Waals surface area contributed by atoms with Crippen LogP contribution in [-0.2, 0) is 4.79 Å². The van der Waals surface area contributed by atoms with E-state index in [4.69, 9.17) is 11.5 Å². The molecule has 3 amide bonds. The van der Waals surface area contributed by atoms with Crippen molar-refractivity contribution < 1.29 is 14.4 Å². The lowest BCUT2D eigenvalue weighted by Crippen LogP contribution is -2.33. The van der Waals surface area contributed by atoms with Crippen LogP contribution in [0, 0.1) is 5.92 Å². The first-order chi connectivity index (χ1) is 15.7. The van der Waals surface area contributed by atoms with E-state index >= 15 is 0 Å². The van der Waals surface area contributed by atoms with Crippen LogP contribution in [0.3, 0.4) is 0 Å². The van der Waals surface area contributed by atoms with E-state index in [1.54, 1.807) is 0 Å². The minimum atomic E-state index is -0.705. The molecule has 0 saturated heterocycles. The van der Waals surface area contributed by atoms with Crippen molar-refractivity contribution in [3.05, 3.63) is 64.7 Å². The molecule has 7 heteroatoms. The Bertz CT molecular complexity index is 963. The summed E-state index contributed by atoms with van der Waals surface area (Å²) in [6.45, 7) is 4.29. The van der Waals surface area contributed by atoms with E-state index in [1.807, 2.05) is 0 Å². The number of nitrogens with one attached hydrogen (secondary N) is 2. The van der Waals surface area contributed by atoms with Gasteiger partial charge in [0.25, 0.3) is 0 Å². The molecular weight excluding hydrogens is 416 g/mol. The molecule has 6 N–H and O–H groups in total. The molecule has 0 aliphatic heterocycles. The number of carbonyl (C=O) groups excluding carboxylic acids is 3. The van der Waals surface area contributed by atoms with Crippen molar-refractivity contribution in [2.45, 2.75) is 57.9 Å². The fourth-order valence-corrected chi connectivity index (χ4v) is 4.54. The van der Waals surface area contributed by atoms with Crippen molar-refractivity contribution in [3.8, 4) is 0 Å². The Balaban J connectivity index is 1.65. The molecule has 0 radical (unpaired) electrons. The van der Waals surface area contributed by atoms with E-state index in [0.717, 1.165) is 5.56 Å². The van der Waals surface area contributed by atoms with Crippen LogP contribution in [0.4, 0.5) is 5.69 Å². The third-order valence-corrected chi connectivity index (χ3v) is 6.31. The Morgan fingerprint density at radius 3 is 2.00 bits per heavy atom. The maximum absolute atomic E-state index is 12.6. The predicted octanol–water partition coefficient (Wildman–Crippen LogP) is 3.86. The van der Waals surface area contributed by atoms with Crippen LogP contribution in [0.1, 0.15) is 89.8 Å². The molecule has 0 spiro atoms. The summed E-state index contributed by atoms with van der Waals surface area (Å²) in [6, 6.07) is 12.9. The lowest BCUT2D eigenvalue weighted by molar-refractivity contribution is -0.115. The number of primary amides is 2. The van der Waals surface area contributed by atoms with Gasteiger partial charge in [-0.2, -0.15) is 0 Å². The fraction of sp³-hybridized carbons (Fsp3) is 0.423. The molecule has 1 unspecified atom stereocenters. The second kappa shape index (κ2) is 11.1. The van der Waals surface area contributed by atoms with E-state index in [9.17, 15) is 14.4 Å². The van der Waals surface area contributed by atoms with Gasteiger partial charge in [-0.1, -0.05) is 57.4 Å². The molecule has 0 heterocycles. The first-order valence-electron chi connectivity index (χ1n) is 11.6. The van der Waals surface area contributed by atoms with Crippen molar-refractivity contribution in [2.24, 2.45) is 17.4 Å². The Hall–Kier alpha value is -3.19. The standard InChI is InChI=1S/C26H34N4O3/c1-16(2)24(19-10-8-18(9-11-19)17-6-4-3-5-7-17)29-15-23(31)30-22-13-20(25(27)32)12-21(14-22)26(28)33/h8-14,16-17,24,29H,3-7,15H2,1-2H3,(H2,27,32)(H2,28,33)(H,30,31). The second-order valence-corrected chi connectivity index (χ2v) is 9.18. The molecule has 0 bridgehead atoms. The summed E-state index contributed by atoms with van der Waals surface area (Å²) < 4.78 is 0. The summed E-state index contributed by atoms with van der Waals surface area (Å²) in [5.74, 6) is -0.772. The number of rotatable bonds is 9. The number of hydrogen-bond donors (Lipinski definition) is 4. The third kappa shape index (κ3) is 6.65. The molecule has 3 rings (SSSR count). The molecule has 1 aliphatic carbocycles. The molecule has 1 fully saturated rings. The summed E-state index contributed by atoms with van der Waals surface area (Å²) >= 11 is 0. The normalized spacial score (nSPS) is 15.2. The third-order valence-electron chi connectivity index (χ3n) is 6.31. The summed E-state index contributed by atoms with van der Waals surface area (Å²) in [4.78, 5) is 35.6. The van der Waals surface area contributed by atoms with Gasteiger partial charge in [0.1, 0.15) is 0 Å². The monoisotopic (exact) mass is 450 g/mol. The van der Waals surface area contributed by atoms with Gasteiger partial charge in [-0.05, 0) is 54.0 Å². The van der Waals surface area contributed by atoms with Gasteiger partial charge < -0.3 is 22.1 Å². The molecule has 176 valence electrons. The van der Waals surface area contributed by atoms with Crippen molar-refractivity contribution in [2.75, 3.05) is 11.9 Å². The zero-order valence-electron chi connectivity index (χ0n) is 19.4. The van der Waals surface area contributed by atoms with Gasteiger partial charge in [-0.25, -0.2) is 0 Å². The number of amides is 3. The van der Waals surface area contributed by atoms with Crippen LogP contribution in [0.25, 0.3) is 0 Å². The Morgan fingerprint density at radius 1 is 0.909 bits per heavy atom. The molecular formula is C26H34N4O3. The molecule has 1 aliphatic rings. The molecule has 1 atom stereocenters. The van der Waals surface area contributed by atoms with E-state index in [0.29, 0.717) is 11.6 Å². The molecule has 2 aromatic rings.